The van der Waals surface area contributed by atoms with Crippen molar-refractivity contribution in [1.82, 2.24) is 9.80 Å². The molecule has 0 bridgehead atoms. The van der Waals surface area contributed by atoms with Gasteiger partial charge >= 0.3 is 12.2 Å². The highest BCUT2D eigenvalue weighted by Gasteiger charge is 2.32. The SMILES string of the molecule is CC(C)OC(=O)N1CCN(C(=O)OC(C)(C)C)C[C@@H]1C. The second-order valence-corrected chi connectivity index (χ2v) is 6.40. The molecule has 1 saturated heterocycles. The van der Waals surface area contributed by atoms with Crippen LogP contribution in [-0.2, 0) is 9.47 Å². The zero-order chi connectivity index (χ0) is 15.5. The minimum absolute atomic E-state index is 0.0810. The highest BCUT2D eigenvalue weighted by atomic mass is 16.6. The van der Waals surface area contributed by atoms with E-state index in [9.17, 15) is 9.59 Å². The fourth-order valence-electron chi connectivity index (χ4n) is 1.99. The summed E-state index contributed by atoms with van der Waals surface area (Å²) in [5.74, 6) is 0. The molecular weight excluding hydrogens is 260 g/mol. The van der Waals surface area contributed by atoms with Gasteiger partial charge in [-0.3, -0.25) is 0 Å². The molecular formula is C14H26N2O4. The molecule has 20 heavy (non-hydrogen) atoms. The number of hydrogen-bond donors (Lipinski definition) is 0. The maximum Gasteiger partial charge on any atom is 0.410 e. The predicted molar refractivity (Wildman–Crippen MR) is 75.6 cm³/mol. The molecule has 1 atom stereocenters. The summed E-state index contributed by atoms with van der Waals surface area (Å²) in [5, 5.41) is 0. The first-order valence-corrected chi connectivity index (χ1v) is 7.05. The van der Waals surface area contributed by atoms with E-state index >= 15 is 0 Å². The number of nitrogens with zero attached hydrogens (tertiary/aromatic N) is 2. The van der Waals surface area contributed by atoms with Gasteiger partial charge in [-0.1, -0.05) is 0 Å². The highest BCUT2D eigenvalue weighted by molar-refractivity contribution is 5.71. The molecule has 116 valence electrons. The van der Waals surface area contributed by atoms with Gasteiger partial charge in [0.25, 0.3) is 0 Å². The van der Waals surface area contributed by atoms with Crippen molar-refractivity contribution in [3.8, 4) is 0 Å². The van der Waals surface area contributed by atoms with E-state index in [-0.39, 0.29) is 24.3 Å². The Hall–Kier alpha value is -1.46. The zero-order valence-corrected chi connectivity index (χ0v) is 13.3. The van der Waals surface area contributed by atoms with E-state index in [0.29, 0.717) is 19.6 Å². The third kappa shape index (κ3) is 4.90. The molecule has 0 aromatic heterocycles. The van der Waals surface area contributed by atoms with Gasteiger partial charge in [-0.2, -0.15) is 0 Å². The number of hydrogen-bond acceptors (Lipinski definition) is 4. The monoisotopic (exact) mass is 286 g/mol. The summed E-state index contributed by atoms with van der Waals surface area (Å²) < 4.78 is 10.5. The van der Waals surface area contributed by atoms with Gasteiger partial charge in [-0.15, -0.1) is 0 Å². The summed E-state index contributed by atoms with van der Waals surface area (Å²) in [4.78, 5) is 27.2. The van der Waals surface area contributed by atoms with Crippen molar-refractivity contribution < 1.29 is 19.1 Å². The number of carbonyl (C=O) groups excluding carboxylic acids is 2. The van der Waals surface area contributed by atoms with Crippen LogP contribution in [0.3, 0.4) is 0 Å². The summed E-state index contributed by atoms with van der Waals surface area (Å²) in [6.45, 7) is 12.4. The molecule has 1 fully saturated rings. The third-order valence-corrected chi connectivity index (χ3v) is 2.85. The van der Waals surface area contributed by atoms with Gasteiger partial charge in [-0.25, -0.2) is 9.59 Å². The van der Waals surface area contributed by atoms with E-state index < -0.39 is 5.60 Å². The Labute approximate surface area is 121 Å². The Balaban J connectivity index is 2.55. The van der Waals surface area contributed by atoms with Crippen LogP contribution in [0.25, 0.3) is 0 Å². The number of piperazine rings is 1. The number of amides is 2. The van der Waals surface area contributed by atoms with Crippen LogP contribution in [0.5, 0.6) is 0 Å². The molecule has 0 unspecified atom stereocenters. The summed E-state index contributed by atoms with van der Waals surface area (Å²) in [6, 6.07) is -0.0810. The maximum absolute atomic E-state index is 12.0. The smallest absolute Gasteiger partial charge is 0.410 e. The average molecular weight is 286 g/mol. The zero-order valence-electron chi connectivity index (χ0n) is 13.3. The standard InChI is InChI=1S/C14H26N2O4/c1-10(2)19-13(18)16-8-7-15(9-11(16)3)12(17)20-14(4,5)6/h10-11H,7-9H2,1-6H3/t11-/m0/s1. The molecule has 0 aromatic carbocycles. The summed E-state index contributed by atoms with van der Waals surface area (Å²) in [7, 11) is 0. The maximum atomic E-state index is 12.0. The van der Waals surface area contributed by atoms with Gasteiger partial charge in [0.2, 0.25) is 0 Å². The molecule has 0 spiro atoms. The van der Waals surface area contributed by atoms with E-state index in [0.717, 1.165) is 0 Å². The number of rotatable bonds is 1. The van der Waals surface area contributed by atoms with Gasteiger partial charge in [-0.05, 0) is 41.5 Å². The molecule has 1 aliphatic heterocycles. The van der Waals surface area contributed by atoms with Crippen molar-refractivity contribution in [2.45, 2.75) is 59.3 Å². The summed E-state index contributed by atoms with van der Waals surface area (Å²) in [6.07, 6.45) is -0.795. The lowest BCUT2D eigenvalue weighted by Crippen LogP contribution is -2.56. The predicted octanol–water partition coefficient (Wildman–Crippen LogP) is 2.47. The molecule has 1 heterocycles. The first kappa shape index (κ1) is 16.6. The minimum atomic E-state index is -0.506. The van der Waals surface area contributed by atoms with Gasteiger partial charge in [0.05, 0.1) is 12.1 Å². The van der Waals surface area contributed by atoms with E-state index in [2.05, 4.69) is 0 Å². The van der Waals surface area contributed by atoms with Crippen LogP contribution >= 0.6 is 0 Å². The first-order chi connectivity index (χ1) is 9.10. The van der Waals surface area contributed by atoms with Crippen LogP contribution in [0.2, 0.25) is 0 Å². The molecule has 1 rings (SSSR count). The van der Waals surface area contributed by atoms with E-state index in [1.807, 2.05) is 41.5 Å². The number of ether oxygens (including phenoxy) is 2. The lowest BCUT2D eigenvalue weighted by molar-refractivity contribution is 0.000885. The van der Waals surface area contributed by atoms with E-state index in [1.54, 1.807) is 9.80 Å². The Morgan fingerprint density at radius 1 is 1.15 bits per heavy atom. The van der Waals surface area contributed by atoms with Crippen LogP contribution in [0.4, 0.5) is 9.59 Å². The fraction of sp³-hybridized carbons (Fsp3) is 0.857. The van der Waals surface area contributed by atoms with Crippen LogP contribution < -0.4 is 0 Å². The first-order valence-electron chi connectivity index (χ1n) is 7.05. The molecule has 0 aromatic rings. The van der Waals surface area contributed by atoms with E-state index in [4.69, 9.17) is 9.47 Å². The van der Waals surface area contributed by atoms with Crippen LogP contribution in [0.15, 0.2) is 0 Å². The average Bonchev–Trinajstić information content (AvgIpc) is 2.25. The quantitative estimate of drug-likeness (QED) is 0.743. The Kier molecular flexibility index (Phi) is 5.25. The third-order valence-electron chi connectivity index (χ3n) is 2.85. The normalized spacial score (nSPS) is 20.1. The van der Waals surface area contributed by atoms with Crippen molar-refractivity contribution in [3.05, 3.63) is 0 Å². The van der Waals surface area contributed by atoms with Crippen molar-refractivity contribution in [2.24, 2.45) is 0 Å². The topological polar surface area (TPSA) is 59.1 Å². The molecule has 2 amide bonds. The van der Waals surface area contributed by atoms with Crippen molar-refractivity contribution in [3.63, 3.8) is 0 Å². The lowest BCUT2D eigenvalue weighted by atomic mass is 10.2. The van der Waals surface area contributed by atoms with E-state index in [1.165, 1.54) is 0 Å². The van der Waals surface area contributed by atoms with Crippen molar-refractivity contribution in [1.29, 1.82) is 0 Å². The molecule has 0 radical (unpaired) electrons. The lowest BCUT2D eigenvalue weighted by Gasteiger charge is -2.39. The van der Waals surface area contributed by atoms with Gasteiger partial charge in [0.15, 0.2) is 0 Å². The Morgan fingerprint density at radius 3 is 2.20 bits per heavy atom. The molecule has 0 saturated carbocycles. The largest absolute Gasteiger partial charge is 0.447 e. The Bertz CT molecular complexity index is 363. The van der Waals surface area contributed by atoms with Crippen molar-refractivity contribution >= 4 is 12.2 Å². The van der Waals surface area contributed by atoms with Crippen molar-refractivity contribution in [2.75, 3.05) is 19.6 Å². The molecule has 0 aliphatic carbocycles. The van der Waals surface area contributed by atoms with Crippen LogP contribution in [0.1, 0.15) is 41.5 Å². The Morgan fingerprint density at radius 2 is 1.75 bits per heavy atom. The highest BCUT2D eigenvalue weighted by Crippen LogP contribution is 2.15. The molecule has 1 aliphatic rings. The summed E-state index contributed by atoms with van der Waals surface area (Å²) in [5.41, 5.74) is -0.506. The van der Waals surface area contributed by atoms with Crippen LogP contribution in [0, 0.1) is 0 Å². The van der Waals surface area contributed by atoms with Gasteiger partial charge < -0.3 is 19.3 Å². The van der Waals surface area contributed by atoms with Gasteiger partial charge in [0.1, 0.15) is 5.60 Å². The summed E-state index contributed by atoms with van der Waals surface area (Å²) >= 11 is 0. The van der Waals surface area contributed by atoms with Gasteiger partial charge in [0, 0.05) is 19.6 Å². The fourth-order valence-corrected chi connectivity index (χ4v) is 1.99. The second-order valence-electron chi connectivity index (χ2n) is 6.40. The molecule has 6 heteroatoms. The molecule has 0 N–H and O–H groups in total. The minimum Gasteiger partial charge on any atom is -0.447 e. The molecule has 6 nitrogen and oxygen atoms in total. The van der Waals surface area contributed by atoms with Crippen LogP contribution in [-0.4, -0.2) is 59.4 Å². The number of carbonyl (C=O) groups is 2. The second kappa shape index (κ2) is 6.33.